The fourth-order valence-corrected chi connectivity index (χ4v) is 2.00. The third-order valence-corrected chi connectivity index (χ3v) is 3.29. The summed E-state index contributed by atoms with van der Waals surface area (Å²) in [6, 6.07) is 3.95. The number of nitrogens with two attached hydrogens (primary N) is 1. The van der Waals surface area contributed by atoms with Gasteiger partial charge in [-0.25, -0.2) is 8.42 Å². The van der Waals surface area contributed by atoms with Crippen LogP contribution < -0.4 is 11.1 Å². The van der Waals surface area contributed by atoms with E-state index in [2.05, 4.69) is 11.9 Å². The second-order valence-corrected chi connectivity index (χ2v) is 6.31. The molecule has 1 aromatic carbocycles. The first kappa shape index (κ1) is 14.5. The number of benzene rings is 1. The number of nitrogens with one attached hydrogen (secondary N) is 1. The maximum absolute atomic E-state index is 11.7. The summed E-state index contributed by atoms with van der Waals surface area (Å²) in [7, 11) is -3.42. The molecule has 3 N–H and O–H groups in total. The van der Waals surface area contributed by atoms with Crippen LogP contribution in [0.3, 0.4) is 0 Å². The van der Waals surface area contributed by atoms with Gasteiger partial charge in [0.1, 0.15) is 0 Å². The van der Waals surface area contributed by atoms with Crippen LogP contribution in [0.1, 0.15) is 10.4 Å². The van der Waals surface area contributed by atoms with Gasteiger partial charge >= 0.3 is 0 Å². The molecule has 0 aromatic heterocycles. The smallest absolute Gasteiger partial charge is 0.251 e. The fraction of sp³-hybridized carbons (Fsp3) is 0.182. The lowest BCUT2D eigenvalue weighted by Gasteiger charge is -2.07. The van der Waals surface area contributed by atoms with E-state index in [9.17, 15) is 13.2 Å². The van der Waals surface area contributed by atoms with Crippen LogP contribution in [-0.4, -0.2) is 27.1 Å². The summed E-state index contributed by atoms with van der Waals surface area (Å²) in [5, 5.41) is 2.76. The molecule has 0 radical (unpaired) electrons. The molecule has 0 saturated heterocycles. The van der Waals surface area contributed by atoms with Gasteiger partial charge < -0.3 is 11.1 Å². The van der Waals surface area contributed by atoms with Gasteiger partial charge in [0.2, 0.25) is 0 Å². The highest BCUT2D eigenvalue weighted by molar-refractivity contribution is 7.90. The lowest BCUT2D eigenvalue weighted by atomic mass is 10.2. The van der Waals surface area contributed by atoms with Crippen LogP contribution in [0.25, 0.3) is 0 Å². The molecule has 98 valence electrons. The van der Waals surface area contributed by atoms with Crippen molar-refractivity contribution >= 4 is 33.0 Å². The molecule has 0 aliphatic carbocycles. The predicted octanol–water partition coefficient (Wildman–Crippen LogP) is 1.15. The molecule has 0 aliphatic rings. The number of sulfone groups is 1. The Kier molecular flexibility index (Phi) is 4.37. The second kappa shape index (κ2) is 5.41. The molecule has 0 saturated carbocycles. The highest BCUT2D eigenvalue weighted by atomic mass is 35.5. The third kappa shape index (κ3) is 4.05. The average Bonchev–Trinajstić information content (AvgIpc) is 2.23. The summed E-state index contributed by atoms with van der Waals surface area (Å²) >= 11 is 5.51. The third-order valence-electron chi connectivity index (χ3n) is 2.06. The molecule has 0 fully saturated rings. The van der Waals surface area contributed by atoms with Gasteiger partial charge in [-0.1, -0.05) is 18.2 Å². The summed E-state index contributed by atoms with van der Waals surface area (Å²) in [6.45, 7) is 3.53. The highest BCUT2D eigenvalue weighted by Crippen LogP contribution is 2.16. The Morgan fingerprint density at radius 3 is 2.56 bits per heavy atom. The zero-order valence-corrected chi connectivity index (χ0v) is 11.3. The molecule has 0 aliphatic heterocycles. The minimum absolute atomic E-state index is 0.00245. The standard InChI is InChI=1S/C11H13ClN2O3S/c1-7(12)6-14-11(15)8-3-9(13)5-10(4-8)18(2,16)17/h3-5H,1,6,13H2,2H3,(H,14,15). The monoisotopic (exact) mass is 288 g/mol. The SMILES string of the molecule is C=C(Cl)CNC(=O)c1cc(N)cc(S(C)(=O)=O)c1. The van der Waals surface area contributed by atoms with Crippen LogP contribution in [0.2, 0.25) is 0 Å². The highest BCUT2D eigenvalue weighted by Gasteiger charge is 2.13. The first-order chi connectivity index (χ1) is 8.20. The number of halogens is 1. The molecular formula is C11H13ClN2O3S. The normalized spacial score (nSPS) is 11.0. The Morgan fingerprint density at radius 1 is 1.44 bits per heavy atom. The number of amides is 1. The summed E-state index contributed by atoms with van der Waals surface area (Å²) in [4.78, 5) is 11.7. The molecule has 18 heavy (non-hydrogen) atoms. The minimum atomic E-state index is -3.42. The number of hydrogen-bond donors (Lipinski definition) is 2. The first-order valence-electron chi connectivity index (χ1n) is 4.92. The van der Waals surface area contributed by atoms with E-state index in [-0.39, 0.29) is 27.7 Å². The number of hydrogen-bond acceptors (Lipinski definition) is 4. The van der Waals surface area contributed by atoms with Gasteiger partial charge in [0, 0.05) is 22.5 Å². The van der Waals surface area contributed by atoms with Gasteiger partial charge in [0.25, 0.3) is 5.91 Å². The van der Waals surface area contributed by atoms with Crippen LogP contribution in [0.4, 0.5) is 5.69 Å². The van der Waals surface area contributed by atoms with Crippen molar-refractivity contribution in [2.45, 2.75) is 4.90 Å². The average molecular weight is 289 g/mol. The molecule has 5 nitrogen and oxygen atoms in total. The van der Waals surface area contributed by atoms with E-state index in [0.717, 1.165) is 6.26 Å². The van der Waals surface area contributed by atoms with E-state index in [4.69, 9.17) is 17.3 Å². The van der Waals surface area contributed by atoms with Crippen molar-refractivity contribution < 1.29 is 13.2 Å². The van der Waals surface area contributed by atoms with E-state index in [0.29, 0.717) is 0 Å². The van der Waals surface area contributed by atoms with Gasteiger partial charge in [-0.15, -0.1) is 0 Å². The number of carbonyl (C=O) groups is 1. The summed E-state index contributed by atoms with van der Waals surface area (Å²) in [6.07, 6.45) is 1.05. The minimum Gasteiger partial charge on any atom is -0.399 e. The Labute approximate surface area is 111 Å². The summed E-state index contributed by atoms with van der Waals surface area (Å²) < 4.78 is 22.8. The van der Waals surface area contributed by atoms with E-state index >= 15 is 0 Å². The fourth-order valence-electron chi connectivity index (χ4n) is 1.25. The lowest BCUT2D eigenvalue weighted by Crippen LogP contribution is -2.24. The zero-order valence-electron chi connectivity index (χ0n) is 9.73. The Morgan fingerprint density at radius 2 is 2.06 bits per heavy atom. The van der Waals surface area contributed by atoms with Crippen molar-refractivity contribution in [2.75, 3.05) is 18.5 Å². The van der Waals surface area contributed by atoms with Crippen LogP contribution in [0.5, 0.6) is 0 Å². The maximum atomic E-state index is 11.7. The molecule has 7 heteroatoms. The second-order valence-electron chi connectivity index (χ2n) is 3.76. The lowest BCUT2D eigenvalue weighted by molar-refractivity contribution is 0.0957. The molecule has 0 unspecified atom stereocenters. The quantitative estimate of drug-likeness (QED) is 0.814. The molecule has 0 spiro atoms. The van der Waals surface area contributed by atoms with E-state index in [1.54, 1.807) is 0 Å². The topological polar surface area (TPSA) is 89.3 Å². The van der Waals surface area contributed by atoms with Crippen LogP contribution in [-0.2, 0) is 9.84 Å². The van der Waals surface area contributed by atoms with Crippen LogP contribution >= 0.6 is 11.6 Å². The van der Waals surface area contributed by atoms with E-state index in [1.165, 1.54) is 18.2 Å². The van der Waals surface area contributed by atoms with Crippen molar-refractivity contribution in [1.29, 1.82) is 0 Å². The first-order valence-corrected chi connectivity index (χ1v) is 7.19. The Hall–Kier alpha value is -1.53. The maximum Gasteiger partial charge on any atom is 0.251 e. The van der Waals surface area contributed by atoms with Crippen molar-refractivity contribution in [2.24, 2.45) is 0 Å². The number of carbonyl (C=O) groups excluding carboxylic acids is 1. The summed E-state index contributed by atoms with van der Waals surface area (Å²) in [5.74, 6) is -0.464. The van der Waals surface area contributed by atoms with Gasteiger partial charge in [-0.2, -0.15) is 0 Å². The Bertz CT molecular complexity index is 596. The molecule has 0 atom stereocenters. The van der Waals surface area contributed by atoms with Crippen molar-refractivity contribution in [3.8, 4) is 0 Å². The molecule has 1 aromatic rings. The van der Waals surface area contributed by atoms with Gasteiger partial charge in [0.05, 0.1) is 11.4 Å². The Balaban J connectivity index is 3.07. The number of anilines is 1. The van der Waals surface area contributed by atoms with Crippen molar-refractivity contribution in [1.82, 2.24) is 5.32 Å². The molecule has 0 bridgehead atoms. The molecule has 1 rings (SSSR count). The molecule has 0 heterocycles. The van der Waals surface area contributed by atoms with E-state index < -0.39 is 15.7 Å². The predicted molar refractivity (Wildman–Crippen MR) is 71.3 cm³/mol. The number of rotatable bonds is 4. The van der Waals surface area contributed by atoms with Crippen LogP contribution in [0, 0.1) is 0 Å². The summed E-state index contributed by atoms with van der Waals surface area (Å²) in [5.41, 5.74) is 5.92. The van der Waals surface area contributed by atoms with Gasteiger partial charge in [0.15, 0.2) is 9.84 Å². The van der Waals surface area contributed by atoms with Crippen molar-refractivity contribution in [3.63, 3.8) is 0 Å². The zero-order chi connectivity index (χ0) is 13.9. The van der Waals surface area contributed by atoms with Crippen molar-refractivity contribution in [3.05, 3.63) is 35.4 Å². The largest absolute Gasteiger partial charge is 0.399 e. The van der Waals surface area contributed by atoms with Crippen LogP contribution in [0.15, 0.2) is 34.7 Å². The van der Waals surface area contributed by atoms with Gasteiger partial charge in [-0.05, 0) is 18.2 Å². The molecular weight excluding hydrogens is 276 g/mol. The number of nitrogen functional groups attached to an aromatic ring is 1. The van der Waals surface area contributed by atoms with Gasteiger partial charge in [-0.3, -0.25) is 4.79 Å². The van der Waals surface area contributed by atoms with E-state index in [1.807, 2.05) is 0 Å². The molecule has 1 amide bonds.